The van der Waals surface area contributed by atoms with Crippen LogP contribution in [0.5, 0.6) is 0 Å². The van der Waals surface area contributed by atoms with E-state index in [2.05, 4.69) is 5.32 Å². The van der Waals surface area contributed by atoms with Gasteiger partial charge in [-0.15, -0.1) is 0 Å². The van der Waals surface area contributed by atoms with Crippen molar-refractivity contribution in [2.75, 3.05) is 13.2 Å². The molecule has 1 aromatic carbocycles. The first-order valence-corrected chi connectivity index (χ1v) is 6.06. The van der Waals surface area contributed by atoms with Crippen molar-refractivity contribution >= 4 is 5.91 Å². The van der Waals surface area contributed by atoms with E-state index in [1.807, 2.05) is 0 Å². The standard InChI is InChI=1S/C13H17FN2O2/c14-12-4-3-9(13(15)17)6-10(12)7-16-11-2-1-5-18-8-11/h3-4,6,11,16H,1-2,5,7-8H2,(H2,15,17). The minimum Gasteiger partial charge on any atom is -0.380 e. The summed E-state index contributed by atoms with van der Waals surface area (Å²) in [6.45, 7) is 1.82. The number of halogens is 1. The van der Waals surface area contributed by atoms with E-state index in [1.165, 1.54) is 18.2 Å². The van der Waals surface area contributed by atoms with Crippen molar-refractivity contribution in [2.45, 2.75) is 25.4 Å². The maximum atomic E-state index is 13.6. The number of nitrogens with one attached hydrogen (secondary N) is 1. The zero-order chi connectivity index (χ0) is 13.0. The topological polar surface area (TPSA) is 64.4 Å². The Kier molecular flexibility index (Phi) is 4.28. The van der Waals surface area contributed by atoms with Crippen molar-refractivity contribution in [3.63, 3.8) is 0 Å². The predicted octanol–water partition coefficient (Wildman–Crippen LogP) is 1.19. The SMILES string of the molecule is NC(=O)c1ccc(F)c(CNC2CCCOC2)c1. The molecule has 1 fully saturated rings. The van der Waals surface area contributed by atoms with Gasteiger partial charge in [0.1, 0.15) is 5.82 Å². The number of carbonyl (C=O) groups excluding carboxylic acids is 1. The van der Waals surface area contributed by atoms with Gasteiger partial charge >= 0.3 is 0 Å². The summed E-state index contributed by atoms with van der Waals surface area (Å²) in [6, 6.07) is 4.41. The van der Waals surface area contributed by atoms with Crippen LogP contribution >= 0.6 is 0 Å². The highest BCUT2D eigenvalue weighted by Gasteiger charge is 2.14. The van der Waals surface area contributed by atoms with Gasteiger partial charge in [-0.3, -0.25) is 4.79 Å². The van der Waals surface area contributed by atoms with E-state index < -0.39 is 5.91 Å². The zero-order valence-corrected chi connectivity index (χ0v) is 10.1. The fourth-order valence-corrected chi connectivity index (χ4v) is 2.02. The van der Waals surface area contributed by atoms with E-state index in [4.69, 9.17) is 10.5 Å². The molecule has 1 atom stereocenters. The quantitative estimate of drug-likeness (QED) is 0.846. The van der Waals surface area contributed by atoms with Gasteiger partial charge in [0, 0.05) is 30.3 Å². The fraction of sp³-hybridized carbons (Fsp3) is 0.462. The second-order valence-electron chi connectivity index (χ2n) is 4.47. The first-order valence-electron chi connectivity index (χ1n) is 6.06. The summed E-state index contributed by atoms with van der Waals surface area (Å²) in [6.07, 6.45) is 2.04. The lowest BCUT2D eigenvalue weighted by Gasteiger charge is -2.23. The molecule has 0 bridgehead atoms. The number of benzene rings is 1. The molecule has 1 aliphatic heterocycles. The monoisotopic (exact) mass is 252 g/mol. The third kappa shape index (κ3) is 3.27. The summed E-state index contributed by atoms with van der Waals surface area (Å²) in [4.78, 5) is 11.0. The molecule has 1 saturated heterocycles. The van der Waals surface area contributed by atoms with Crippen LogP contribution in [0.2, 0.25) is 0 Å². The lowest BCUT2D eigenvalue weighted by atomic mass is 10.1. The number of carbonyl (C=O) groups is 1. The number of amides is 1. The number of hydrogen-bond donors (Lipinski definition) is 2. The molecule has 0 saturated carbocycles. The van der Waals surface area contributed by atoms with E-state index >= 15 is 0 Å². The van der Waals surface area contributed by atoms with Crippen molar-refractivity contribution in [1.82, 2.24) is 5.32 Å². The second kappa shape index (κ2) is 5.93. The molecule has 18 heavy (non-hydrogen) atoms. The Morgan fingerprint density at radius 3 is 3.06 bits per heavy atom. The summed E-state index contributed by atoms with van der Waals surface area (Å²) >= 11 is 0. The van der Waals surface area contributed by atoms with Crippen molar-refractivity contribution in [2.24, 2.45) is 5.73 Å². The molecule has 5 heteroatoms. The second-order valence-corrected chi connectivity index (χ2v) is 4.47. The molecule has 0 aliphatic carbocycles. The highest BCUT2D eigenvalue weighted by atomic mass is 19.1. The van der Waals surface area contributed by atoms with Crippen LogP contribution in [0.4, 0.5) is 4.39 Å². The zero-order valence-electron chi connectivity index (χ0n) is 10.1. The van der Waals surface area contributed by atoms with Crippen LogP contribution in [0, 0.1) is 5.82 Å². The lowest BCUT2D eigenvalue weighted by molar-refractivity contribution is 0.0698. The molecular weight excluding hydrogens is 235 g/mol. The minimum atomic E-state index is -0.544. The van der Waals surface area contributed by atoms with Crippen LogP contribution in [0.25, 0.3) is 0 Å². The summed E-state index contributed by atoms with van der Waals surface area (Å²) in [5.41, 5.74) is 5.95. The molecule has 1 heterocycles. The Morgan fingerprint density at radius 1 is 1.56 bits per heavy atom. The molecule has 4 nitrogen and oxygen atoms in total. The highest BCUT2D eigenvalue weighted by Crippen LogP contribution is 2.12. The smallest absolute Gasteiger partial charge is 0.248 e. The summed E-state index contributed by atoms with van der Waals surface area (Å²) < 4.78 is 18.9. The van der Waals surface area contributed by atoms with Crippen LogP contribution < -0.4 is 11.1 Å². The molecule has 3 N–H and O–H groups in total. The number of hydrogen-bond acceptors (Lipinski definition) is 3. The van der Waals surface area contributed by atoms with Gasteiger partial charge in [0.2, 0.25) is 5.91 Å². The Morgan fingerprint density at radius 2 is 2.39 bits per heavy atom. The summed E-state index contributed by atoms with van der Waals surface area (Å²) in [5.74, 6) is -0.874. The largest absolute Gasteiger partial charge is 0.380 e. The number of rotatable bonds is 4. The summed E-state index contributed by atoms with van der Waals surface area (Å²) in [7, 11) is 0. The average molecular weight is 252 g/mol. The van der Waals surface area contributed by atoms with Crippen LogP contribution in [-0.4, -0.2) is 25.2 Å². The Balaban J connectivity index is 1.99. The molecule has 0 spiro atoms. The Labute approximate surface area is 105 Å². The molecule has 0 aromatic heterocycles. The first-order chi connectivity index (χ1) is 8.66. The predicted molar refractivity (Wildman–Crippen MR) is 65.6 cm³/mol. The van der Waals surface area contributed by atoms with Crippen LogP contribution in [0.3, 0.4) is 0 Å². The van der Waals surface area contributed by atoms with Crippen LogP contribution in [0.1, 0.15) is 28.8 Å². The maximum absolute atomic E-state index is 13.6. The molecule has 2 rings (SSSR count). The fourth-order valence-electron chi connectivity index (χ4n) is 2.02. The Bertz CT molecular complexity index is 431. The third-order valence-electron chi connectivity index (χ3n) is 3.07. The molecule has 1 unspecified atom stereocenters. The van der Waals surface area contributed by atoms with Gasteiger partial charge in [-0.25, -0.2) is 4.39 Å². The van der Waals surface area contributed by atoms with Gasteiger partial charge in [-0.1, -0.05) is 0 Å². The van der Waals surface area contributed by atoms with Gasteiger partial charge in [0.25, 0.3) is 0 Å². The number of nitrogens with two attached hydrogens (primary N) is 1. The van der Waals surface area contributed by atoms with E-state index in [9.17, 15) is 9.18 Å². The van der Waals surface area contributed by atoms with E-state index in [0.717, 1.165) is 19.4 Å². The van der Waals surface area contributed by atoms with E-state index in [0.29, 0.717) is 24.3 Å². The van der Waals surface area contributed by atoms with Gasteiger partial charge in [-0.05, 0) is 31.0 Å². The van der Waals surface area contributed by atoms with Crippen molar-refractivity contribution < 1.29 is 13.9 Å². The van der Waals surface area contributed by atoms with Crippen LogP contribution in [-0.2, 0) is 11.3 Å². The van der Waals surface area contributed by atoms with Crippen LogP contribution in [0.15, 0.2) is 18.2 Å². The van der Waals surface area contributed by atoms with Crippen molar-refractivity contribution in [1.29, 1.82) is 0 Å². The lowest BCUT2D eigenvalue weighted by Crippen LogP contribution is -2.36. The van der Waals surface area contributed by atoms with Gasteiger partial charge in [0.15, 0.2) is 0 Å². The normalized spacial score (nSPS) is 19.7. The first kappa shape index (κ1) is 13.0. The van der Waals surface area contributed by atoms with Gasteiger partial charge < -0.3 is 15.8 Å². The number of primary amides is 1. The molecule has 1 aliphatic rings. The maximum Gasteiger partial charge on any atom is 0.248 e. The van der Waals surface area contributed by atoms with Crippen molar-refractivity contribution in [3.05, 3.63) is 35.1 Å². The van der Waals surface area contributed by atoms with Gasteiger partial charge in [-0.2, -0.15) is 0 Å². The van der Waals surface area contributed by atoms with E-state index in [-0.39, 0.29) is 11.9 Å². The average Bonchev–Trinajstić information content (AvgIpc) is 2.38. The molecule has 98 valence electrons. The van der Waals surface area contributed by atoms with E-state index in [1.54, 1.807) is 0 Å². The minimum absolute atomic E-state index is 0.246. The number of ether oxygens (including phenoxy) is 1. The highest BCUT2D eigenvalue weighted by molar-refractivity contribution is 5.92. The molecule has 1 aromatic rings. The molecule has 0 radical (unpaired) electrons. The van der Waals surface area contributed by atoms with Crippen molar-refractivity contribution in [3.8, 4) is 0 Å². The Hall–Kier alpha value is -1.46. The third-order valence-corrected chi connectivity index (χ3v) is 3.07. The van der Waals surface area contributed by atoms with Gasteiger partial charge in [0.05, 0.1) is 6.61 Å². The molecular formula is C13H17FN2O2. The molecule has 1 amide bonds. The summed E-state index contributed by atoms with van der Waals surface area (Å²) in [5, 5.41) is 3.23.